The summed E-state index contributed by atoms with van der Waals surface area (Å²) < 4.78 is 5.29. The van der Waals surface area contributed by atoms with Crippen molar-refractivity contribution in [3.8, 4) is 5.75 Å². The molecule has 1 aromatic rings. The zero-order chi connectivity index (χ0) is 26.3. The van der Waals surface area contributed by atoms with Crippen LogP contribution in [0.1, 0.15) is 91.8 Å². The highest BCUT2D eigenvalue weighted by atomic mass is 16.6. The first kappa shape index (κ1) is 29.3. The summed E-state index contributed by atoms with van der Waals surface area (Å²) in [5.74, 6) is -0.885. The highest BCUT2D eigenvalue weighted by Crippen LogP contribution is 2.36. The van der Waals surface area contributed by atoms with E-state index in [-0.39, 0.29) is 11.7 Å². The third-order valence-corrected chi connectivity index (χ3v) is 5.21. The van der Waals surface area contributed by atoms with E-state index in [0.717, 1.165) is 19.3 Å². The molecular formula is C26H43N3O5. The molecule has 0 bridgehead atoms. The Morgan fingerprint density at radius 3 is 2.24 bits per heavy atom. The quantitative estimate of drug-likeness (QED) is 0.451. The van der Waals surface area contributed by atoms with Crippen LogP contribution in [0.2, 0.25) is 0 Å². The highest BCUT2D eigenvalue weighted by molar-refractivity contribution is 5.92. The Bertz CT molecular complexity index is 855. The van der Waals surface area contributed by atoms with Gasteiger partial charge in [0.25, 0.3) is 0 Å². The molecule has 192 valence electrons. The van der Waals surface area contributed by atoms with Gasteiger partial charge in [-0.3, -0.25) is 9.59 Å². The van der Waals surface area contributed by atoms with Gasteiger partial charge in [-0.2, -0.15) is 0 Å². The van der Waals surface area contributed by atoms with Crippen molar-refractivity contribution in [1.29, 1.82) is 0 Å². The molecule has 2 atom stereocenters. The number of nitrogens with one attached hydrogen (secondary N) is 2. The summed E-state index contributed by atoms with van der Waals surface area (Å²) in [5.41, 5.74) is -0.587. The fraction of sp³-hybridized carbons (Fsp3) is 0.654. The van der Waals surface area contributed by atoms with Crippen molar-refractivity contribution in [3.05, 3.63) is 29.3 Å². The van der Waals surface area contributed by atoms with Crippen molar-refractivity contribution in [2.24, 2.45) is 0 Å². The number of rotatable bonds is 9. The number of unbranched alkanes of at least 4 members (excludes halogenated alkanes) is 2. The van der Waals surface area contributed by atoms with Gasteiger partial charge in [0.2, 0.25) is 11.8 Å². The number of aromatic hydroxyl groups is 1. The van der Waals surface area contributed by atoms with Crippen molar-refractivity contribution < 1.29 is 24.2 Å². The summed E-state index contributed by atoms with van der Waals surface area (Å²) in [6, 6.07) is 3.09. The lowest BCUT2D eigenvalue weighted by atomic mass is 9.94. The SMILES string of the molecule is CCCCCNC(=O)C(c1cccc(C)c1O)N(C(=O)C(C)NC(=O)OC(C)(C)C)C(C)(C)C. The maximum Gasteiger partial charge on any atom is 0.408 e. The predicted molar refractivity (Wildman–Crippen MR) is 134 cm³/mol. The molecule has 1 rings (SSSR count). The van der Waals surface area contributed by atoms with Crippen LogP contribution in [0.3, 0.4) is 0 Å². The van der Waals surface area contributed by atoms with E-state index in [1.807, 2.05) is 20.8 Å². The first-order chi connectivity index (χ1) is 15.6. The fourth-order valence-electron chi connectivity index (χ4n) is 3.58. The second-order valence-electron chi connectivity index (χ2n) is 10.7. The average molecular weight is 478 g/mol. The molecule has 8 nitrogen and oxygen atoms in total. The third kappa shape index (κ3) is 8.54. The molecule has 0 spiro atoms. The summed E-state index contributed by atoms with van der Waals surface area (Å²) >= 11 is 0. The minimum atomic E-state index is -1.09. The number of para-hydroxylation sites is 1. The Morgan fingerprint density at radius 1 is 1.09 bits per heavy atom. The van der Waals surface area contributed by atoms with Crippen LogP contribution < -0.4 is 10.6 Å². The number of ether oxygens (including phenoxy) is 1. The largest absolute Gasteiger partial charge is 0.507 e. The number of hydrogen-bond donors (Lipinski definition) is 3. The first-order valence-corrected chi connectivity index (χ1v) is 12.0. The van der Waals surface area contributed by atoms with Gasteiger partial charge in [-0.25, -0.2) is 4.79 Å². The number of nitrogens with zero attached hydrogens (tertiary/aromatic N) is 1. The monoisotopic (exact) mass is 477 g/mol. The smallest absolute Gasteiger partial charge is 0.408 e. The molecule has 3 amide bonds. The zero-order valence-corrected chi connectivity index (χ0v) is 22.2. The third-order valence-electron chi connectivity index (χ3n) is 5.21. The second-order valence-corrected chi connectivity index (χ2v) is 10.7. The molecule has 34 heavy (non-hydrogen) atoms. The number of alkyl carbamates (subject to hydrolysis) is 1. The molecule has 0 radical (unpaired) electrons. The molecule has 0 aliphatic rings. The molecule has 1 aromatic carbocycles. The summed E-state index contributed by atoms with van der Waals surface area (Å²) in [6.07, 6.45) is 2.08. The number of phenols is 1. The molecule has 0 heterocycles. The van der Waals surface area contributed by atoms with Crippen molar-refractivity contribution in [2.45, 2.75) is 105 Å². The molecule has 0 aromatic heterocycles. The van der Waals surface area contributed by atoms with Crippen LogP contribution in [0, 0.1) is 6.92 Å². The number of carbonyl (C=O) groups excluding carboxylic acids is 3. The molecule has 0 aliphatic heterocycles. The van der Waals surface area contributed by atoms with Gasteiger partial charge in [0, 0.05) is 17.6 Å². The van der Waals surface area contributed by atoms with E-state index in [1.165, 1.54) is 4.90 Å². The molecule has 3 N–H and O–H groups in total. The number of aryl methyl sites for hydroxylation is 1. The van der Waals surface area contributed by atoms with Crippen LogP contribution in [0.15, 0.2) is 18.2 Å². The number of phenolic OH excluding ortho intramolecular Hbond substituents is 1. The molecule has 8 heteroatoms. The molecule has 0 saturated heterocycles. The van der Waals surface area contributed by atoms with Gasteiger partial charge in [0.15, 0.2) is 0 Å². The van der Waals surface area contributed by atoms with Gasteiger partial charge in [-0.15, -0.1) is 0 Å². The number of carbonyl (C=O) groups is 3. The molecule has 0 saturated carbocycles. The van der Waals surface area contributed by atoms with E-state index in [2.05, 4.69) is 17.6 Å². The van der Waals surface area contributed by atoms with Crippen molar-refractivity contribution in [2.75, 3.05) is 6.54 Å². The summed E-state index contributed by atoms with van der Waals surface area (Å²) in [4.78, 5) is 40.9. The van der Waals surface area contributed by atoms with Crippen LogP contribution in [0.5, 0.6) is 5.75 Å². The van der Waals surface area contributed by atoms with Gasteiger partial charge in [-0.05, 0) is 67.4 Å². The summed E-state index contributed by atoms with van der Waals surface area (Å²) in [6.45, 7) is 16.5. The van der Waals surface area contributed by atoms with E-state index in [9.17, 15) is 19.5 Å². The Morgan fingerprint density at radius 2 is 1.71 bits per heavy atom. The first-order valence-electron chi connectivity index (χ1n) is 12.0. The van der Waals surface area contributed by atoms with Crippen LogP contribution in [-0.2, 0) is 14.3 Å². The second kappa shape index (κ2) is 12.1. The van der Waals surface area contributed by atoms with Crippen molar-refractivity contribution in [3.63, 3.8) is 0 Å². The van der Waals surface area contributed by atoms with Gasteiger partial charge in [-0.1, -0.05) is 38.0 Å². The fourth-order valence-corrected chi connectivity index (χ4v) is 3.58. The number of hydrogen-bond acceptors (Lipinski definition) is 5. The minimum Gasteiger partial charge on any atom is -0.507 e. The Kier molecular flexibility index (Phi) is 10.4. The average Bonchev–Trinajstić information content (AvgIpc) is 2.68. The number of benzene rings is 1. The lowest BCUT2D eigenvalue weighted by Crippen LogP contribution is -2.58. The molecule has 0 fully saturated rings. The Labute approximate surface area is 204 Å². The standard InChI is InChI=1S/C26H43N3O5/c1-10-11-12-16-27-22(31)20(19-15-13-14-17(2)21(19)30)29(25(4,5)6)23(32)18(3)28-24(33)34-26(7,8)9/h13-15,18,20,30H,10-12,16H2,1-9H3,(H,27,31)(H,28,33). The molecule has 0 aliphatic carbocycles. The van der Waals surface area contributed by atoms with E-state index >= 15 is 0 Å². The van der Waals surface area contributed by atoms with Crippen molar-refractivity contribution >= 4 is 17.9 Å². The maximum atomic E-state index is 13.7. The minimum absolute atomic E-state index is 0.0361. The van der Waals surface area contributed by atoms with Crippen LogP contribution in [0.4, 0.5) is 4.79 Å². The topological polar surface area (TPSA) is 108 Å². The predicted octanol–water partition coefficient (Wildman–Crippen LogP) is 4.59. The van der Waals surface area contributed by atoms with E-state index < -0.39 is 35.2 Å². The van der Waals surface area contributed by atoms with Crippen LogP contribution in [0.25, 0.3) is 0 Å². The van der Waals surface area contributed by atoms with Gasteiger partial charge in [0.05, 0.1) is 0 Å². The summed E-state index contributed by atoms with van der Waals surface area (Å²) in [7, 11) is 0. The lowest BCUT2D eigenvalue weighted by molar-refractivity contribution is -0.148. The highest BCUT2D eigenvalue weighted by Gasteiger charge is 2.41. The lowest BCUT2D eigenvalue weighted by Gasteiger charge is -2.42. The van der Waals surface area contributed by atoms with E-state index in [4.69, 9.17) is 4.74 Å². The maximum absolute atomic E-state index is 13.7. The van der Waals surface area contributed by atoms with Gasteiger partial charge < -0.3 is 25.4 Å². The Hall–Kier alpha value is -2.77. The molecular weight excluding hydrogens is 434 g/mol. The zero-order valence-electron chi connectivity index (χ0n) is 22.2. The number of amides is 3. The van der Waals surface area contributed by atoms with Crippen LogP contribution >= 0.6 is 0 Å². The van der Waals surface area contributed by atoms with Gasteiger partial charge >= 0.3 is 6.09 Å². The van der Waals surface area contributed by atoms with E-state index in [1.54, 1.807) is 52.8 Å². The van der Waals surface area contributed by atoms with E-state index in [0.29, 0.717) is 17.7 Å². The van der Waals surface area contributed by atoms with Crippen molar-refractivity contribution in [1.82, 2.24) is 15.5 Å². The normalized spacial score (nSPS) is 13.6. The van der Waals surface area contributed by atoms with Crippen LogP contribution in [-0.4, -0.2) is 51.6 Å². The summed E-state index contributed by atoms with van der Waals surface area (Å²) in [5, 5.41) is 16.3. The molecule has 2 unspecified atom stereocenters. The van der Waals surface area contributed by atoms with Gasteiger partial charge in [0.1, 0.15) is 23.4 Å². The Balaban J connectivity index is 3.40.